The Morgan fingerprint density at radius 1 is 0.935 bits per heavy atom. The van der Waals surface area contributed by atoms with Crippen molar-refractivity contribution >= 4 is 39.1 Å². The molecule has 0 heterocycles. The number of nitrogens with one attached hydrogen (secondary N) is 2. The number of sulfonamides is 1. The SMILES string of the molecule is C[C@@H](NC(=O)[C@H](Cc1ccccc1)NS(=O)(=O)c1cc(Cl)ccc1Cl)c1ccccc1. The van der Waals surface area contributed by atoms with Crippen LogP contribution in [0.5, 0.6) is 0 Å². The van der Waals surface area contributed by atoms with Gasteiger partial charge in [-0.25, -0.2) is 8.42 Å². The topological polar surface area (TPSA) is 75.3 Å². The van der Waals surface area contributed by atoms with Crippen LogP contribution in [0.3, 0.4) is 0 Å². The Labute approximate surface area is 192 Å². The molecule has 0 aliphatic heterocycles. The fraction of sp³-hybridized carbons (Fsp3) is 0.174. The average Bonchev–Trinajstić information content (AvgIpc) is 2.76. The lowest BCUT2D eigenvalue weighted by molar-refractivity contribution is -0.123. The number of benzene rings is 3. The maximum Gasteiger partial charge on any atom is 0.242 e. The minimum Gasteiger partial charge on any atom is -0.348 e. The monoisotopic (exact) mass is 476 g/mol. The van der Waals surface area contributed by atoms with Crippen LogP contribution in [-0.2, 0) is 21.2 Å². The second-order valence-corrected chi connectivity index (χ2v) is 9.61. The molecule has 0 aliphatic carbocycles. The van der Waals surface area contributed by atoms with E-state index >= 15 is 0 Å². The molecule has 0 aliphatic rings. The molecule has 0 spiro atoms. The van der Waals surface area contributed by atoms with Crippen molar-refractivity contribution in [1.29, 1.82) is 0 Å². The van der Waals surface area contributed by atoms with Crippen molar-refractivity contribution in [3.05, 3.63) is 100 Å². The molecule has 2 N–H and O–H groups in total. The van der Waals surface area contributed by atoms with Crippen LogP contribution in [0.4, 0.5) is 0 Å². The second-order valence-electron chi connectivity index (χ2n) is 7.08. The zero-order valence-electron chi connectivity index (χ0n) is 16.8. The van der Waals surface area contributed by atoms with Gasteiger partial charge in [0.05, 0.1) is 11.1 Å². The molecule has 31 heavy (non-hydrogen) atoms. The minimum absolute atomic E-state index is 0.0217. The van der Waals surface area contributed by atoms with Crippen molar-refractivity contribution in [2.45, 2.75) is 30.3 Å². The third kappa shape index (κ3) is 6.31. The van der Waals surface area contributed by atoms with Crippen LogP contribution in [-0.4, -0.2) is 20.4 Å². The maximum absolute atomic E-state index is 13.1. The molecule has 8 heteroatoms. The van der Waals surface area contributed by atoms with Gasteiger partial charge in [-0.15, -0.1) is 0 Å². The van der Waals surface area contributed by atoms with E-state index in [1.165, 1.54) is 18.2 Å². The standard InChI is InChI=1S/C23H22Cl2N2O3S/c1-16(18-10-6-3-7-11-18)26-23(28)21(14-17-8-4-2-5-9-17)27-31(29,30)22-15-19(24)12-13-20(22)25/h2-13,15-16,21,27H,14H2,1H3,(H,26,28)/t16-,21+/m1/s1. The van der Waals surface area contributed by atoms with Gasteiger partial charge in [-0.1, -0.05) is 83.9 Å². The van der Waals surface area contributed by atoms with Gasteiger partial charge in [0.15, 0.2) is 0 Å². The summed E-state index contributed by atoms with van der Waals surface area (Å²) in [6.07, 6.45) is 0.172. The normalized spacial score (nSPS) is 13.4. The Kier molecular flexibility index (Phi) is 7.73. The van der Waals surface area contributed by atoms with E-state index in [1.807, 2.05) is 67.6 Å². The van der Waals surface area contributed by atoms with Gasteiger partial charge in [-0.2, -0.15) is 4.72 Å². The van der Waals surface area contributed by atoms with Crippen LogP contribution in [0.2, 0.25) is 10.0 Å². The van der Waals surface area contributed by atoms with E-state index in [0.717, 1.165) is 11.1 Å². The van der Waals surface area contributed by atoms with E-state index in [-0.39, 0.29) is 27.4 Å². The van der Waals surface area contributed by atoms with Crippen LogP contribution in [0, 0.1) is 0 Å². The third-order valence-corrected chi connectivity index (χ3v) is 6.93. The predicted octanol–water partition coefficient (Wildman–Crippen LogP) is 4.76. The van der Waals surface area contributed by atoms with Gasteiger partial charge in [-0.3, -0.25) is 4.79 Å². The summed E-state index contributed by atoms with van der Waals surface area (Å²) in [5.74, 6) is -0.443. The summed E-state index contributed by atoms with van der Waals surface area (Å²) in [6, 6.07) is 21.4. The highest BCUT2D eigenvalue weighted by atomic mass is 35.5. The average molecular weight is 477 g/mol. The first-order valence-corrected chi connectivity index (χ1v) is 11.9. The molecular formula is C23H22Cl2N2O3S. The molecule has 0 radical (unpaired) electrons. The lowest BCUT2D eigenvalue weighted by Gasteiger charge is -2.22. The van der Waals surface area contributed by atoms with Crippen molar-refractivity contribution in [2.75, 3.05) is 0 Å². The Morgan fingerprint density at radius 3 is 2.19 bits per heavy atom. The molecule has 2 atom stereocenters. The minimum atomic E-state index is -4.11. The fourth-order valence-electron chi connectivity index (χ4n) is 3.11. The summed E-state index contributed by atoms with van der Waals surface area (Å²) in [5.41, 5.74) is 1.73. The fourth-order valence-corrected chi connectivity index (χ4v) is 5.07. The Bertz CT molecular complexity index is 1140. The summed E-state index contributed by atoms with van der Waals surface area (Å²) in [4.78, 5) is 12.9. The first-order chi connectivity index (χ1) is 14.8. The van der Waals surface area contributed by atoms with Crippen LogP contribution in [0.15, 0.2) is 83.8 Å². The van der Waals surface area contributed by atoms with Gasteiger partial charge in [0.25, 0.3) is 0 Å². The van der Waals surface area contributed by atoms with Crippen molar-refractivity contribution in [3.8, 4) is 0 Å². The molecule has 0 fully saturated rings. The van der Waals surface area contributed by atoms with Crippen LogP contribution in [0.1, 0.15) is 24.1 Å². The Hall–Kier alpha value is -2.38. The Balaban J connectivity index is 1.87. The molecule has 162 valence electrons. The molecular weight excluding hydrogens is 455 g/mol. The van der Waals surface area contributed by atoms with E-state index < -0.39 is 22.0 Å². The van der Waals surface area contributed by atoms with Crippen molar-refractivity contribution in [3.63, 3.8) is 0 Å². The lowest BCUT2D eigenvalue weighted by Crippen LogP contribution is -2.48. The number of amides is 1. The molecule has 3 rings (SSSR count). The summed E-state index contributed by atoms with van der Waals surface area (Å²) in [5, 5.41) is 3.14. The number of carbonyl (C=O) groups is 1. The maximum atomic E-state index is 13.1. The summed E-state index contributed by atoms with van der Waals surface area (Å²) in [6.45, 7) is 1.84. The highest BCUT2D eigenvalue weighted by molar-refractivity contribution is 7.89. The summed E-state index contributed by atoms with van der Waals surface area (Å²) in [7, 11) is -4.11. The number of hydrogen-bond donors (Lipinski definition) is 2. The van der Waals surface area contributed by atoms with Gasteiger partial charge in [0.1, 0.15) is 10.9 Å². The number of rotatable bonds is 8. The largest absolute Gasteiger partial charge is 0.348 e. The third-order valence-electron chi connectivity index (χ3n) is 4.74. The van der Waals surface area contributed by atoms with E-state index in [1.54, 1.807) is 0 Å². The smallest absolute Gasteiger partial charge is 0.242 e. The zero-order valence-corrected chi connectivity index (χ0v) is 19.1. The quantitative estimate of drug-likeness (QED) is 0.491. The number of hydrogen-bond acceptors (Lipinski definition) is 3. The van der Waals surface area contributed by atoms with E-state index in [9.17, 15) is 13.2 Å². The van der Waals surface area contributed by atoms with Crippen molar-refractivity contribution < 1.29 is 13.2 Å². The molecule has 3 aromatic carbocycles. The molecule has 5 nitrogen and oxygen atoms in total. The van der Waals surface area contributed by atoms with E-state index in [0.29, 0.717) is 0 Å². The van der Waals surface area contributed by atoms with Gasteiger partial charge in [0.2, 0.25) is 15.9 Å². The van der Waals surface area contributed by atoms with Gasteiger partial charge in [0, 0.05) is 5.02 Å². The first-order valence-electron chi connectivity index (χ1n) is 9.63. The van der Waals surface area contributed by atoms with E-state index in [4.69, 9.17) is 23.2 Å². The molecule has 0 bridgehead atoms. The molecule has 0 saturated heterocycles. The van der Waals surface area contributed by atoms with Gasteiger partial charge in [-0.05, 0) is 42.7 Å². The molecule has 3 aromatic rings. The van der Waals surface area contributed by atoms with Crippen molar-refractivity contribution in [1.82, 2.24) is 10.0 Å². The van der Waals surface area contributed by atoms with Gasteiger partial charge < -0.3 is 5.32 Å². The number of carbonyl (C=O) groups excluding carboxylic acids is 1. The first kappa shape index (κ1) is 23.3. The van der Waals surface area contributed by atoms with Crippen LogP contribution < -0.4 is 10.0 Å². The molecule has 0 saturated carbocycles. The highest BCUT2D eigenvalue weighted by Crippen LogP contribution is 2.25. The highest BCUT2D eigenvalue weighted by Gasteiger charge is 2.28. The Morgan fingerprint density at radius 2 is 1.55 bits per heavy atom. The molecule has 0 aromatic heterocycles. The van der Waals surface area contributed by atoms with E-state index in [2.05, 4.69) is 10.0 Å². The zero-order chi connectivity index (χ0) is 22.4. The summed E-state index contributed by atoms with van der Waals surface area (Å²) < 4.78 is 28.6. The molecule has 1 amide bonds. The van der Waals surface area contributed by atoms with Gasteiger partial charge >= 0.3 is 0 Å². The predicted molar refractivity (Wildman–Crippen MR) is 124 cm³/mol. The lowest BCUT2D eigenvalue weighted by atomic mass is 10.0. The van der Waals surface area contributed by atoms with Crippen LogP contribution >= 0.6 is 23.2 Å². The second kappa shape index (κ2) is 10.3. The number of halogens is 2. The molecule has 0 unspecified atom stereocenters. The van der Waals surface area contributed by atoms with Crippen molar-refractivity contribution in [2.24, 2.45) is 0 Å². The van der Waals surface area contributed by atoms with Crippen LogP contribution in [0.25, 0.3) is 0 Å². The summed E-state index contributed by atoms with van der Waals surface area (Å²) >= 11 is 12.0.